The third kappa shape index (κ3) is 1.73. The zero-order chi connectivity index (χ0) is 21.2. The predicted molar refractivity (Wildman–Crippen MR) is 111 cm³/mol. The van der Waals surface area contributed by atoms with Crippen LogP contribution in [-0.4, -0.2) is 43.9 Å². The number of fused-ring (bicyclic) bond motifs is 10. The Morgan fingerprint density at radius 3 is 2.00 bits per heavy atom. The zero-order valence-electron chi connectivity index (χ0n) is 15.4. The highest BCUT2D eigenvalue weighted by atomic mass is 35.5. The Labute approximate surface area is 178 Å². The summed E-state index contributed by atoms with van der Waals surface area (Å²) in [5.41, 5.74) is -2.86. The summed E-state index contributed by atoms with van der Waals surface area (Å²) in [5, 5.41) is 25.4. The van der Waals surface area contributed by atoms with Gasteiger partial charge in [-0.3, -0.25) is 14.5 Å². The Bertz CT molecular complexity index is 1470. The minimum absolute atomic E-state index is 0.107. The van der Waals surface area contributed by atoms with Crippen molar-refractivity contribution < 1.29 is 19.8 Å². The molecule has 150 valence electrons. The summed E-state index contributed by atoms with van der Waals surface area (Å²) in [5.74, 6) is -1.82. The number of imide groups is 1. The molecule has 6 rings (SSSR count). The first-order valence-corrected chi connectivity index (χ1v) is 9.86. The second-order valence-corrected chi connectivity index (χ2v) is 8.59. The Morgan fingerprint density at radius 2 is 1.33 bits per heavy atom. The fourth-order valence-electron chi connectivity index (χ4n) is 4.92. The van der Waals surface area contributed by atoms with E-state index in [1.54, 1.807) is 36.4 Å². The number of benzene rings is 2. The lowest BCUT2D eigenvalue weighted by atomic mass is 9.69. The number of halogens is 2. The summed E-state index contributed by atoms with van der Waals surface area (Å²) < 4.78 is 0. The summed E-state index contributed by atoms with van der Waals surface area (Å²) in [4.78, 5) is 33.6. The normalized spacial score (nSPS) is 25.2. The molecule has 1 aliphatic heterocycles. The molecule has 0 unspecified atom stereocenters. The molecule has 7 nitrogen and oxygen atoms in total. The molecule has 2 atom stereocenters. The maximum absolute atomic E-state index is 13.2. The number of hydrogen-bond donors (Lipinski definition) is 4. The van der Waals surface area contributed by atoms with Crippen LogP contribution in [0.2, 0.25) is 10.0 Å². The highest BCUT2D eigenvalue weighted by Gasteiger charge is 2.74. The number of nitrogens with one attached hydrogen (secondary N) is 2. The van der Waals surface area contributed by atoms with Gasteiger partial charge in [0, 0.05) is 50.0 Å². The van der Waals surface area contributed by atoms with E-state index in [0.717, 1.165) is 4.90 Å². The number of hydrogen-bond acceptors (Lipinski definition) is 4. The van der Waals surface area contributed by atoms with Crippen LogP contribution in [0, 0.1) is 0 Å². The summed E-state index contributed by atoms with van der Waals surface area (Å²) in [6, 6.07) is 9.88. The molecule has 4 aromatic rings. The summed E-state index contributed by atoms with van der Waals surface area (Å²) in [6.07, 6.45) is 0. The molecule has 0 bridgehead atoms. The number of likely N-dealkylation sites (tertiary alicyclic amines) is 1. The van der Waals surface area contributed by atoms with Crippen LogP contribution in [0.25, 0.3) is 33.2 Å². The van der Waals surface area contributed by atoms with Crippen LogP contribution in [0.15, 0.2) is 36.4 Å². The molecular formula is C21H13Cl2N3O4. The van der Waals surface area contributed by atoms with Crippen LogP contribution < -0.4 is 0 Å². The van der Waals surface area contributed by atoms with Gasteiger partial charge in [0.2, 0.25) is 11.2 Å². The van der Waals surface area contributed by atoms with Gasteiger partial charge in [0.15, 0.2) is 0 Å². The quantitative estimate of drug-likeness (QED) is 0.314. The average molecular weight is 442 g/mol. The number of rotatable bonds is 0. The van der Waals surface area contributed by atoms with Gasteiger partial charge < -0.3 is 20.2 Å². The van der Waals surface area contributed by atoms with Crippen LogP contribution >= 0.6 is 23.2 Å². The SMILES string of the molecule is CN1C(=O)[C@@]2(O)c3c([nH]c4cc(Cl)ccc34)-c3[nH]c4ccc(Cl)cc4c3[C@@]2(O)C1=O. The highest BCUT2D eigenvalue weighted by molar-refractivity contribution is 6.32. The van der Waals surface area contributed by atoms with Crippen molar-refractivity contribution in [3.05, 3.63) is 57.6 Å². The first kappa shape index (κ1) is 18.0. The van der Waals surface area contributed by atoms with Gasteiger partial charge in [0.05, 0.1) is 11.4 Å². The highest BCUT2D eigenvalue weighted by Crippen LogP contribution is 2.59. The molecular weight excluding hydrogens is 429 g/mol. The summed E-state index contributed by atoms with van der Waals surface area (Å²) in [6.45, 7) is 0. The molecule has 2 amide bonds. The number of aliphatic hydroxyl groups is 2. The van der Waals surface area contributed by atoms with Crippen molar-refractivity contribution >= 4 is 56.8 Å². The fourth-order valence-corrected chi connectivity index (χ4v) is 5.27. The molecule has 9 heteroatoms. The summed E-state index contributed by atoms with van der Waals surface area (Å²) >= 11 is 12.3. The van der Waals surface area contributed by atoms with Crippen molar-refractivity contribution in [2.45, 2.75) is 11.2 Å². The number of H-pyrrole nitrogens is 2. The van der Waals surface area contributed by atoms with Gasteiger partial charge in [-0.1, -0.05) is 29.3 Å². The van der Waals surface area contributed by atoms with Crippen LogP contribution in [0.1, 0.15) is 11.1 Å². The van der Waals surface area contributed by atoms with Gasteiger partial charge in [-0.05, 0) is 30.3 Å². The van der Waals surface area contributed by atoms with Gasteiger partial charge in [-0.25, -0.2) is 0 Å². The van der Waals surface area contributed by atoms with Crippen molar-refractivity contribution in [3.8, 4) is 11.4 Å². The number of aromatic amines is 2. The number of amides is 2. The number of carbonyl (C=O) groups excluding carboxylic acids is 2. The minimum atomic E-state index is -2.53. The largest absolute Gasteiger partial charge is 0.372 e. The third-order valence-corrected chi connectivity index (χ3v) is 6.72. The van der Waals surface area contributed by atoms with Gasteiger partial charge in [-0.2, -0.15) is 0 Å². The van der Waals surface area contributed by atoms with E-state index >= 15 is 0 Å². The standard InChI is InChI=1S/C21H13Cl2N3O4/c1-26-18(27)20(29)14-10-4-2-9(23)7-13(10)25-16(14)17-15(21(20,30)19(26)28)11-6-8(22)3-5-12(11)24-17/h2-7,24-25,29-30H,1H3/t20-,21+/m0/s1. The Hall–Kier alpha value is -2.84. The number of likely N-dealkylation sites (N-methyl/N-ethyl adjacent to an activating group) is 1. The monoisotopic (exact) mass is 441 g/mol. The second kappa shape index (κ2) is 5.25. The smallest absolute Gasteiger partial charge is 0.269 e. The summed E-state index contributed by atoms with van der Waals surface area (Å²) in [7, 11) is 1.24. The lowest BCUT2D eigenvalue weighted by molar-refractivity contribution is -0.172. The Morgan fingerprint density at radius 1 is 0.800 bits per heavy atom. The van der Waals surface area contributed by atoms with E-state index in [1.807, 2.05) is 0 Å². The predicted octanol–water partition coefficient (Wildman–Crippen LogP) is 3.01. The van der Waals surface area contributed by atoms with E-state index in [4.69, 9.17) is 23.2 Å². The van der Waals surface area contributed by atoms with Crippen LogP contribution in [-0.2, 0) is 20.8 Å². The van der Waals surface area contributed by atoms with E-state index in [1.165, 1.54) is 7.05 Å². The third-order valence-electron chi connectivity index (χ3n) is 6.25. The molecule has 1 fully saturated rings. The van der Waals surface area contributed by atoms with Crippen LogP contribution in [0.3, 0.4) is 0 Å². The first-order valence-electron chi connectivity index (χ1n) is 9.10. The van der Waals surface area contributed by atoms with E-state index in [2.05, 4.69) is 9.97 Å². The Balaban J connectivity index is 1.88. The number of nitrogens with zero attached hydrogens (tertiary/aromatic N) is 1. The van der Waals surface area contributed by atoms with Crippen molar-refractivity contribution in [1.29, 1.82) is 0 Å². The average Bonchev–Trinajstić information content (AvgIpc) is 3.31. The van der Waals surface area contributed by atoms with Crippen LogP contribution in [0.4, 0.5) is 0 Å². The van der Waals surface area contributed by atoms with Crippen LogP contribution in [0.5, 0.6) is 0 Å². The van der Waals surface area contributed by atoms with E-state index < -0.39 is 23.0 Å². The van der Waals surface area contributed by atoms with E-state index in [-0.39, 0.29) is 11.1 Å². The molecule has 4 N–H and O–H groups in total. The molecule has 30 heavy (non-hydrogen) atoms. The van der Waals surface area contributed by atoms with E-state index in [9.17, 15) is 19.8 Å². The topological polar surface area (TPSA) is 109 Å². The molecule has 2 aromatic heterocycles. The molecule has 0 spiro atoms. The van der Waals surface area contributed by atoms with Gasteiger partial charge in [0.1, 0.15) is 0 Å². The zero-order valence-corrected chi connectivity index (χ0v) is 16.9. The Kier molecular flexibility index (Phi) is 3.15. The molecule has 1 aliphatic carbocycles. The molecule has 3 heterocycles. The number of aromatic nitrogens is 2. The lowest BCUT2D eigenvalue weighted by Crippen LogP contribution is -2.54. The van der Waals surface area contributed by atoms with Gasteiger partial charge in [-0.15, -0.1) is 0 Å². The fraction of sp³-hybridized carbons (Fsp3) is 0.143. The van der Waals surface area contributed by atoms with Crippen molar-refractivity contribution in [1.82, 2.24) is 14.9 Å². The second-order valence-electron chi connectivity index (χ2n) is 7.72. The van der Waals surface area contributed by atoms with Crippen molar-refractivity contribution in [2.24, 2.45) is 0 Å². The van der Waals surface area contributed by atoms with Crippen molar-refractivity contribution in [3.63, 3.8) is 0 Å². The maximum atomic E-state index is 13.2. The molecule has 1 saturated heterocycles. The van der Waals surface area contributed by atoms with Gasteiger partial charge >= 0.3 is 0 Å². The molecule has 0 radical (unpaired) electrons. The van der Waals surface area contributed by atoms with E-state index in [0.29, 0.717) is 43.2 Å². The van der Waals surface area contributed by atoms with Gasteiger partial charge in [0.25, 0.3) is 11.8 Å². The molecule has 0 saturated carbocycles. The minimum Gasteiger partial charge on any atom is -0.372 e. The van der Waals surface area contributed by atoms with Crippen molar-refractivity contribution in [2.75, 3.05) is 7.05 Å². The number of carbonyl (C=O) groups is 2. The lowest BCUT2D eigenvalue weighted by Gasteiger charge is -2.37. The maximum Gasteiger partial charge on any atom is 0.269 e. The first-order chi connectivity index (χ1) is 14.2. The molecule has 2 aromatic carbocycles. The molecule has 2 aliphatic rings.